The molecule has 2 nitrogen and oxygen atoms in total. The van der Waals surface area contributed by atoms with Crippen molar-refractivity contribution in [2.75, 3.05) is 4.90 Å². The van der Waals surface area contributed by atoms with Crippen LogP contribution in [0.5, 0.6) is 0 Å². The van der Waals surface area contributed by atoms with E-state index in [2.05, 4.69) is 261 Å². The molecule has 0 spiro atoms. The molecule has 2 aliphatic rings. The molecule has 0 saturated carbocycles. The lowest BCUT2D eigenvalue weighted by Gasteiger charge is -2.37. The van der Waals surface area contributed by atoms with Crippen molar-refractivity contribution in [1.82, 2.24) is 4.57 Å². The summed E-state index contributed by atoms with van der Waals surface area (Å²) >= 11 is 0. The fraction of sp³-hybridized carbons (Fsp3) is 0.0968. The maximum Gasteiger partial charge on any atom is 0.0540 e. The fourth-order valence-corrected chi connectivity index (χ4v) is 11.2. The van der Waals surface area contributed by atoms with Crippen LogP contribution in [0.25, 0.3) is 71.7 Å². The van der Waals surface area contributed by atoms with Gasteiger partial charge < -0.3 is 9.47 Å². The average Bonchev–Trinajstić information content (AvgIpc) is 3.77. The number of anilines is 3. The van der Waals surface area contributed by atoms with E-state index in [0.717, 1.165) is 17.1 Å². The summed E-state index contributed by atoms with van der Waals surface area (Å²) in [6.07, 6.45) is 7.43. The second-order valence-electron chi connectivity index (χ2n) is 18.4. The van der Waals surface area contributed by atoms with Gasteiger partial charge in [-0.05, 0) is 116 Å². The van der Waals surface area contributed by atoms with E-state index in [-0.39, 0.29) is 16.7 Å². The van der Waals surface area contributed by atoms with E-state index in [1.165, 1.54) is 82.8 Å². The van der Waals surface area contributed by atoms with Crippen molar-refractivity contribution in [1.29, 1.82) is 0 Å². The highest BCUT2D eigenvalue weighted by Crippen LogP contribution is 2.59. The quantitative estimate of drug-likeness (QED) is 0.155. The van der Waals surface area contributed by atoms with Crippen molar-refractivity contribution in [3.05, 3.63) is 242 Å². The number of rotatable bonds is 7. The molecule has 0 saturated heterocycles. The Hall–Kier alpha value is -7.68. The Kier molecular flexibility index (Phi) is 8.74. The van der Waals surface area contributed by atoms with Crippen LogP contribution in [0.1, 0.15) is 31.9 Å². The van der Waals surface area contributed by atoms with Gasteiger partial charge in [-0.3, -0.25) is 0 Å². The van der Waals surface area contributed by atoms with E-state index in [1.807, 2.05) is 0 Å². The maximum atomic E-state index is 2.57. The topological polar surface area (TPSA) is 8.17 Å². The molecule has 0 fully saturated rings. The summed E-state index contributed by atoms with van der Waals surface area (Å²) in [4.78, 5) is 2.48. The zero-order chi connectivity index (χ0) is 43.0. The molecule has 2 unspecified atom stereocenters. The van der Waals surface area contributed by atoms with Gasteiger partial charge in [-0.25, -0.2) is 0 Å². The Morgan fingerprint density at radius 1 is 0.438 bits per heavy atom. The van der Waals surface area contributed by atoms with Gasteiger partial charge in [0.2, 0.25) is 0 Å². The first kappa shape index (κ1) is 38.0. The second kappa shape index (κ2) is 14.7. The predicted octanol–water partition coefficient (Wildman–Crippen LogP) is 16.7. The van der Waals surface area contributed by atoms with Crippen LogP contribution in [0.2, 0.25) is 0 Å². The molecule has 0 radical (unpaired) electrons. The SMILES string of the molecule is CC1(C)c2cc(N(c3ccc(-c4ccc5ccccc5c4)cc3)c3ccccc3-c3cccc(-c4ccccc4)c3)ccc2C2(C)C=CC(n3c4ccccc4c4ccccc43)=CC12. The summed E-state index contributed by atoms with van der Waals surface area (Å²) in [6, 6.07) is 78.0. The normalized spacial score (nSPS) is 17.4. The van der Waals surface area contributed by atoms with Crippen molar-refractivity contribution in [2.45, 2.75) is 31.6 Å². The van der Waals surface area contributed by atoms with Crippen molar-refractivity contribution in [3.8, 4) is 33.4 Å². The molecule has 0 aliphatic heterocycles. The number of hydrogen-bond donors (Lipinski definition) is 0. The number of allylic oxidation sites excluding steroid dienone is 4. The third-order valence-corrected chi connectivity index (χ3v) is 14.4. The maximum absolute atomic E-state index is 2.57. The Morgan fingerprint density at radius 3 is 1.81 bits per heavy atom. The summed E-state index contributed by atoms with van der Waals surface area (Å²) in [5.41, 5.74) is 16.8. The number of benzene rings is 9. The Bertz CT molecular complexity index is 3440. The number of aromatic nitrogens is 1. The molecule has 2 aliphatic carbocycles. The van der Waals surface area contributed by atoms with Gasteiger partial charge >= 0.3 is 0 Å². The molecule has 1 aromatic heterocycles. The number of nitrogens with zero attached hydrogens (tertiary/aromatic N) is 2. The summed E-state index contributed by atoms with van der Waals surface area (Å²) in [7, 11) is 0. The third-order valence-electron chi connectivity index (χ3n) is 14.4. The summed E-state index contributed by atoms with van der Waals surface area (Å²) in [5, 5.41) is 5.08. The number of hydrogen-bond acceptors (Lipinski definition) is 1. The molecule has 306 valence electrons. The lowest BCUT2D eigenvalue weighted by molar-refractivity contribution is 0.324. The zero-order valence-corrected chi connectivity index (χ0v) is 36.4. The van der Waals surface area contributed by atoms with Crippen LogP contribution in [0.4, 0.5) is 17.1 Å². The Balaban J connectivity index is 0.994. The van der Waals surface area contributed by atoms with Crippen LogP contribution in [0.3, 0.4) is 0 Å². The molecule has 0 amide bonds. The molecule has 9 aromatic carbocycles. The van der Waals surface area contributed by atoms with Gasteiger partial charge in [-0.1, -0.05) is 191 Å². The molecule has 0 bridgehead atoms. The van der Waals surface area contributed by atoms with Crippen molar-refractivity contribution in [2.24, 2.45) is 5.92 Å². The average molecular weight is 821 g/mol. The number of para-hydroxylation sites is 3. The molecule has 2 atom stereocenters. The lowest BCUT2D eigenvalue weighted by atomic mass is 9.67. The first-order chi connectivity index (χ1) is 31.3. The summed E-state index contributed by atoms with van der Waals surface area (Å²) < 4.78 is 2.47. The van der Waals surface area contributed by atoms with E-state index in [4.69, 9.17) is 0 Å². The smallest absolute Gasteiger partial charge is 0.0540 e. The minimum absolute atomic E-state index is 0.163. The van der Waals surface area contributed by atoms with Crippen LogP contribution >= 0.6 is 0 Å². The molecule has 12 rings (SSSR count). The van der Waals surface area contributed by atoms with Crippen molar-refractivity contribution in [3.63, 3.8) is 0 Å². The van der Waals surface area contributed by atoms with Gasteiger partial charge in [0.1, 0.15) is 0 Å². The molecule has 64 heavy (non-hydrogen) atoms. The highest BCUT2D eigenvalue weighted by atomic mass is 15.1. The molecular weight excluding hydrogens is 773 g/mol. The van der Waals surface area contributed by atoms with Crippen LogP contribution in [-0.4, -0.2) is 4.57 Å². The minimum atomic E-state index is -0.165. The van der Waals surface area contributed by atoms with E-state index in [9.17, 15) is 0 Å². The highest BCUT2D eigenvalue weighted by Gasteiger charge is 2.52. The minimum Gasteiger partial charge on any atom is -0.310 e. The van der Waals surface area contributed by atoms with Crippen LogP contribution < -0.4 is 4.90 Å². The molecule has 0 N–H and O–H groups in total. The van der Waals surface area contributed by atoms with Gasteiger partial charge in [-0.15, -0.1) is 0 Å². The lowest BCUT2D eigenvalue weighted by Crippen LogP contribution is -2.35. The van der Waals surface area contributed by atoms with Crippen LogP contribution in [0.15, 0.2) is 231 Å². The Morgan fingerprint density at radius 2 is 1.03 bits per heavy atom. The Labute approximate surface area is 375 Å². The van der Waals surface area contributed by atoms with E-state index in [1.54, 1.807) is 0 Å². The zero-order valence-electron chi connectivity index (χ0n) is 36.4. The molecule has 1 heterocycles. The summed E-state index contributed by atoms with van der Waals surface area (Å²) in [5.74, 6) is 0.243. The van der Waals surface area contributed by atoms with Crippen LogP contribution in [0, 0.1) is 5.92 Å². The molecule has 10 aromatic rings. The highest BCUT2D eigenvalue weighted by molar-refractivity contribution is 6.10. The van der Waals surface area contributed by atoms with E-state index in [0.29, 0.717) is 0 Å². The molecule has 2 heteroatoms. The summed E-state index contributed by atoms with van der Waals surface area (Å²) in [6.45, 7) is 7.35. The predicted molar refractivity (Wildman–Crippen MR) is 272 cm³/mol. The number of fused-ring (bicyclic) bond motifs is 7. The van der Waals surface area contributed by atoms with Gasteiger partial charge in [-0.2, -0.15) is 0 Å². The van der Waals surface area contributed by atoms with Gasteiger partial charge in [0, 0.05) is 44.7 Å². The van der Waals surface area contributed by atoms with Gasteiger partial charge in [0.15, 0.2) is 0 Å². The first-order valence-corrected chi connectivity index (χ1v) is 22.5. The van der Waals surface area contributed by atoms with E-state index >= 15 is 0 Å². The van der Waals surface area contributed by atoms with Crippen LogP contribution in [-0.2, 0) is 10.8 Å². The van der Waals surface area contributed by atoms with E-state index < -0.39 is 0 Å². The van der Waals surface area contributed by atoms with Gasteiger partial charge in [0.25, 0.3) is 0 Å². The third kappa shape index (κ3) is 6.01. The fourth-order valence-electron chi connectivity index (χ4n) is 11.2. The first-order valence-electron chi connectivity index (χ1n) is 22.5. The van der Waals surface area contributed by atoms with Crippen molar-refractivity contribution < 1.29 is 0 Å². The second-order valence-corrected chi connectivity index (χ2v) is 18.4. The van der Waals surface area contributed by atoms with Gasteiger partial charge in [0.05, 0.1) is 16.7 Å². The molecular formula is C62H48N2. The standard InChI is InChI=1S/C62H48N2/c1-61(2)56-40-50(34-35-55(56)62(3)37-36-51(41-60(61)62)64-58-26-13-10-23-53(58)54-24-11-14-27-59(54)64)63(49-32-30-44(31-33-49)47-29-28-43-18-7-8-19-45(43)38-47)57-25-12-9-22-52(57)48-21-15-20-46(39-48)42-16-5-4-6-17-42/h4-41,60H,1-3H3. The van der Waals surface area contributed by atoms with Crippen molar-refractivity contribution >= 4 is 55.3 Å². The monoisotopic (exact) mass is 820 g/mol. The largest absolute Gasteiger partial charge is 0.310 e.